The minimum atomic E-state index is -4.51. The van der Waals surface area contributed by atoms with Crippen molar-refractivity contribution >= 4 is 27.2 Å². The Morgan fingerprint density at radius 3 is 2.71 bits per heavy atom. The average Bonchev–Trinajstić information content (AvgIpc) is 2.46. The Bertz CT molecular complexity index is 476. The summed E-state index contributed by atoms with van der Waals surface area (Å²) in [5.74, 6) is -1.13. The van der Waals surface area contributed by atoms with Gasteiger partial charge in [0.2, 0.25) is 5.82 Å². The van der Waals surface area contributed by atoms with E-state index in [1.54, 1.807) is 5.38 Å². The van der Waals surface area contributed by atoms with Crippen LogP contribution in [-0.4, -0.2) is 9.97 Å². The van der Waals surface area contributed by atoms with Gasteiger partial charge in [-0.15, -0.1) is 11.3 Å². The van der Waals surface area contributed by atoms with E-state index in [0.717, 1.165) is 17.5 Å². The minimum Gasteiger partial charge on any atom is -0.397 e. The molecule has 0 unspecified atom stereocenters. The molecule has 0 aromatic carbocycles. The highest BCUT2D eigenvalue weighted by Gasteiger charge is 2.34. The second-order valence-corrected chi connectivity index (χ2v) is 3.46. The molecule has 3 nitrogen and oxygen atoms in total. The zero-order chi connectivity index (χ0) is 10.3. The van der Waals surface area contributed by atoms with Gasteiger partial charge in [0.1, 0.15) is 4.83 Å². The Kier molecular flexibility index (Phi) is 1.84. The van der Waals surface area contributed by atoms with Crippen molar-refractivity contribution in [2.75, 3.05) is 5.73 Å². The van der Waals surface area contributed by atoms with Crippen LogP contribution in [0.5, 0.6) is 0 Å². The van der Waals surface area contributed by atoms with Gasteiger partial charge in [0, 0.05) is 11.6 Å². The van der Waals surface area contributed by atoms with Gasteiger partial charge >= 0.3 is 6.18 Å². The fourth-order valence-corrected chi connectivity index (χ4v) is 1.78. The predicted octanol–water partition coefficient (Wildman–Crippen LogP) is 2.29. The largest absolute Gasteiger partial charge is 0.451 e. The van der Waals surface area contributed by atoms with Crippen molar-refractivity contribution in [2.45, 2.75) is 6.18 Å². The fraction of sp³-hybridized carbons (Fsp3) is 0.143. The Morgan fingerprint density at radius 2 is 2.07 bits per heavy atom. The molecule has 2 heterocycles. The van der Waals surface area contributed by atoms with Crippen molar-refractivity contribution < 1.29 is 13.2 Å². The second kappa shape index (κ2) is 2.81. The van der Waals surface area contributed by atoms with Crippen LogP contribution < -0.4 is 5.73 Å². The number of nitrogen functional groups attached to an aromatic ring is 1. The van der Waals surface area contributed by atoms with Crippen molar-refractivity contribution in [1.82, 2.24) is 9.97 Å². The molecule has 2 rings (SSSR count). The van der Waals surface area contributed by atoms with E-state index >= 15 is 0 Å². The fourth-order valence-electron chi connectivity index (χ4n) is 0.973. The molecule has 2 aromatic heterocycles. The van der Waals surface area contributed by atoms with E-state index in [-0.39, 0.29) is 4.83 Å². The molecule has 0 atom stereocenters. The molecule has 0 amide bonds. The van der Waals surface area contributed by atoms with E-state index in [1.165, 1.54) is 0 Å². The highest BCUT2D eigenvalue weighted by Crippen LogP contribution is 2.30. The van der Waals surface area contributed by atoms with E-state index < -0.39 is 12.0 Å². The van der Waals surface area contributed by atoms with Crippen LogP contribution in [0.4, 0.5) is 18.9 Å². The van der Waals surface area contributed by atoms with E-state index in [1.807, 2.05) is 0 Å². The molecule has 0 aliphatic rings. The quantitative estimate of drug-likeness (QED) is 0.739. The maximum absolute atomic E-state index is 12.2. The molecule has 0 spiro atoms. The van der Waals surface area contributed by atoms with Gasteiger partial charge in [0.25, 0.3) is 0 Å². The molecule has 14 heavy (non-hydrogen) atoms. The van der Waals surface area contributed by atoms with Gasteiger partial charge < -0.3 is 5.73 Å². The lowest BCUT2D eigenvalue weighted by Crippen LogP contribution is -2.10. The molecule has 0 saturated heterocycles. The molecule has 0 saturated carbocycles. The van der Waals surface area contributed by atoms with Crippen LogP contribution in [0, 0.1) is 0 Å². The third kappa shape index (κ3) is 1.39. The highest BCUT2D eigenvalue weighted by atomic mass is 32.1. The van der Waals surface area contributed by atoms with Crippen molar-refractivity contribution in [3.63, 3.8) is 0 Å². The number of thiophene rings is 1. The highest BCUT2D eigenvalue weighted by molar-refractivity contribution is 7.17. The number of alkyl halides is 3. The lowest BCUT2D eigenvalue weighted by atomic mass is 10.4. The molecule has 0 radical (unpaired) electrons. The summed E-state index contributed by atoms with van der Waals surface area (Å²) < 4.78 is 36.5. The van der Waals surface area contributed by atoms with Crippen molar-refractivity contribution in [2.24, 2.45) is 0 Å². The monoisotopic (exact) mass is 219 g/mol. The smallest absolute Gasteiger partial charge is 0.397 e. The normalized spacial score (nSPS) is 12.2. The summed E-state index contributed by atoms with van der Waals surface area (Å²) in [7, 11) is 0. The lowest BCUT2D eigenvalue weighted by Gasteiger charge is -2.03. The Labute approximate surface area is 80.4 Å². The van der Waals surface area contributed by atoms with Crippen LogP contribution in [-0.2, 0) is 6.18 Å². The van der Waals surface area contributed by atoms with E-state index in [4.69, 9.17) is 5.73 Å². The first-order valence-electron chi connectivity index (χ1n) is 3.55. The van der Waals surface area contributed by atoms with Gasteiger partial charge in [-0.3, -0.25) is 0 Å². The molecule has 0 fully saturated rings. The summed E-state index contributed by atoms with van der Waals surface area (Å²) in [6.45, 7) is 0. The minimum absolute atomic E-state index is 0.254. The van der Waals surface area contributed by atoms with Crippen LogP contribution in [0.3, 0.4) is 0 Å². The van der Waals surface area contributed by atoms with Crippen molar-refractivity contribution in [3.05, 3.63) is 17.4 Å². The molecule has 2 N–H and O–H groups in total. The van der Waals surface area contributed by atoms with E-state index in [9.17, 15) is 13.2 Å². The SMILES string of the molecule is Nc1csc2nc(C(F)(F)F)ncc12. The summed E-state index contributed by atoms with van der Waals surface area (Å²) in [5.41, 5.74) is 5.89. The van der Waals surface area contributed by atoms with Crippen molar-refractivity contribution in [3.8, 4) is 0 Å². The average molecular weight is 219 g/mol. The van der Waals surface area contributed by atoms with E-state index in [2.05, 4.69) is 9.97 Å². The predicted molar refractivity (Wildman–Crippen MR) is 46.8 cm³/mol. The topological polar surface area (TPSA) is 51.8 Å². The Balaban J connectivity index is 2.63. The Hall–Kier alpha value is -1.37. The lowest BCUT2D eigenvalue weighted by molar-refractivity contribution is -0.144. The molecular formula is C7H4F3N3S. The first-order chi connectivity index (χ1) is 6.48. The molecule has 0 aliphatic carbocycles. The molecule has 2 aromatic rings. The van der Waals surface area contributed by atoms with Gasteiger partial charge in [0.15, 0.2) is 0 Å². The summed E-state index contributed by atoms with van der Waals surface area (Å²) >= 11 is 1.07. The summed E-state index contributed by atoms with van der Waals surface area (Å²) in [6.07, 6.45) is -3.41. The number of nitrogens with two attached hydrogens (primary N) is 1. The van der Waals surface area contributed by atoms with Crippen LogP contribution >= 0.6 is 11.3 Å². The third-order valence-electron chi connectivity index (χ3n) is 1.62. The van der Waals surface area contributed by atoms with Crippen LogP contribution in [0.2, 0.25) is 0 Å². The van der Waals surface area contributed by atoms with Gasteiger partial charge in [-0.25, -0.2) is 9.97 Å². The third-order valence-corrected chi connectivity index (χ3v) is 2.52. The molecule has 7 heteroatoms. The second-order valence-electron chi connectivity index (χ2n) is 2.60. The summed E-state index contributed by atoms with van der Waals surface area (Å²) in [4.78, 5) is 6.83. The van der Waals surface area contributed by atoms with Crippen LogP contribution in [0.1, 0.15) is 5.82 Å². The number of halogens is 3. The molecule has 0 bridgehead atoms. The van der Waals surface area contributed by atoms with Crippen LogP contribution in [0.15, 0.2) is 11.6 Å². The first kappa shape index (κ1) is 9.20. The molecule has 74 valence electrons. The zero-order valence-corrected chi connectivity index (χ0v) is 7.49. The van der Waals surface area contributed by atoms with Gasteiger partial charge in [-0.1, -0.05) is 0 Å². The zero-order valence-electron chi connectivity index (χ0n) is 6.67. The molecule has 0 aliphatic heterocycles. The van der Waals surface area contributed by atoms with Gasteiger partial charge in [0.05, 0.1) is 11.1 Å². The standard InChI is InChI=1S/C7H4F3N3S/c8-7(9,10)6-12-1-3-4(11)2-14-5(3)13-6/h1-2H,11H2. The van der Waals surface area contributed by atoms with Crippen molar-refractivity contribution in [1.29, 1.82) is 0 Å². The van der Waals surface area contributed by atoms with Gasteiger partial charge in [-0.05, 0) is 0 Å². The number of aromatic nitrogens is 2. The number of nitrogens with zero attached hydrogens (tertiary/aromatic N) is 2. The maximum atomic E-state index is 12.2. The maximum Gasteiger partial charge on any atom is 0.451 e. The Morgan fingerprint density at radius 1 is 1.36 bits per heavy atom. The molecular weight excluding hydrogens is 215 g/mol. The van der Waals surface area contributed by atoms with Crippen LogP contribution in [0.25, 0.3) is 10.2 Å². The number of hydrogen-bond acceptors (Lipinski definition) is 4. The summed E-state index contributed by atoms with van der Waals surface area (Å²) in [6, 6.07) is 0. The number of anilines is 1. The summed E-state index contributed by atoms with van der Waals surface area (Å²) in [5, 5.41) is 2.00. The number of fused-ring (bicyclic) bond motifs is 1. The number of rotatable bonds is 0. The van der Waals surface area contributed by atoms with Gasteiger partial charge in [-0.2, -0.15) is 13.2 Å². The van der Waals surface area contributed by atoms with E-state index in [0.29, 0.717) is 11.1 Å². The first-order valence-corrected chi connectivity index (χ1v) is 4.43. The number of hydrogen-bond donors (Lipinski definition) is 1.